The van der Waals surface area contributed by atoms with E-state index >= 15 is 0 Å². The highest BCUT2D eigenvalue weighted by molar-refractivity contribution is 7.78. The molecule has 0 atom stereocenters. The Kier molecular flexibility index (Phi) is 3.10. The molecule has 4 heteroatoms. The fourth-order valence-electron chi connectivity index (χ4n) is 0.200. The Hall–Kier alpha value is -0.640. The predicted octanol–water partition coefficient (Wildman–Crippen LogP) is 0.997. The van der Waals surface area contributed by atoms with Crippen molar-refractivity contribution in [2.24, 2.45) is 0 Å². The SMILES string of the molecule is C=CCN(S)C(=O)O. The molecule has 0 saturated heterocycles. The van der Waals surface area contributed by atoms with Gasteiger partial charge in [0.1, 0.15) is 0 Å². The Labute approximate surface area is 53.2 Å². The molecule has 3 nitrogen and oxygen atoms in total. The van der Waals surface area contributed by atoms with Crippen molar-refractivity contribution >= 4 is 18.9 Å². The van der Waals surface area contributed by atoms with Crippen molar-refractivity contribution in [1.29, 1.82) is 0 Å². The summed E-state index contributed by atoms with van der Waals surface area (Å²) in [6.45, 7) is 3.58. The molecule has 0 rings (SSSR count). The van der Waals surface area contributed by atoms with Gasteiger partial charge in [-0.2, -0.15) is 0 Å². The summed E-state index contributed by atoms with van der Waals surface area (Å²) in [7, 11) is 0. The van der Waals surface area contributed by atoms with Gasteiger partial charge < -0.3 is 5.11 Å². The molecule has 0 aliphatic heterocycles. The lowest BCUT2D eigenvalue weighted by atomic mass is 10.6. The average molecular weight is 133 g/mol. The Morgan fingerprint density at radius 1 is 2.00 bits per heavy atom. The van der Waals surface area contributed by atoms with E-state index in [1.54, 1.807) is 0 Å². The molecule has 0 aliphatic carbocycles. The fourth-order valence-corrected chi connectivity index (χ4v) is 0.316. The second kappa shape index (κ2) is 3.37. The van der Waals surface area contributed by atoms with Crippen LogP contribution in [0.1, 0.15) is 0 Å². The molecule has 1 amide bonds. The van der Waals surface area contributed by atoms with Crippen molar-refractivity contribution in [3.05, 3.63) is 12.7 Å². The first-order valence-electron chi connectivity index (χ1n) is 1.98. The largest absolute Gasteiger partial charge is 0.464 e. The summed E-state index contributed by atoms with van der Waals surface area (Å²) in [5, 5.41) is 8.11. The smallest absolute Gasteiger partial charge is 0.417 e. The van der Waals surface area contributed by atoms with Gasteiger partial charge in [0.15, 0.2) is 0 Å². The fraction of sp³-hybridized carbons (Fsp3) is 0.250. The van der Waals surface area contributed by atoms with Crippen LogP contribution in [0.4, 0.5) is 4.79 Å². The van der Waals surface area contributed by atoms with Crippen molar-refractivity contribution in [2.45, 2.75) is 0 Å². The molecule has 0 heterocycles. The van der Waals surface area contributed by atoms with E-state index in [9.17, 15) is 4.79 Å². The zero-order chi connectivity index (χ0) is 6.57. The number of nitrogens with zero attached hydrogens (tertiary/aromatic N) is 1. The van der Waals surface area contributed by atoms with Gasteiger partial charge in [-0.1, -0.05) is 18.9 Å². The number of amides is 1. The first-order valence-corrected chi connectivity index (χ1v) is 2.38. The lowest BCUT2D eigenvalue weighted by Crippen LogP contribution is -2.18. The van der Waals surface area contributed by atoms with Crippen molar-refractivity contribution < 1.29 is 9.90 Å². The maximum absolute atomic E-state index is 9.89. The van der Waals surface area contributed by atoms with E-state index in [1.807, 2.05) is 0 Å². The van der Waals surface area contributed by atoms with Gasteiger partial charge in [-0.3, -0.25) is 4.31 Å². The average Bonchev–Trinajstić information content (AvgIpc) is 1.67. The van der Waals surface area contributed by atoms with E-state index in [0.717, 1.165) is 4.31 Å². The highest BCUT2D eigenvalue weighted by atomic mass is 32.1. The van der Waals surface area contributed by atoms with E-state index in [1.165, 1.54) is 6.08 Å². The van der Waals surface area contributed by atoms with Gasteiger partial charge >= 0.3 is 6.09 Å². The van der Waals surface area contributed by atoms with Gasteiger partial charge in [0.25, 0.3) is 0 Å². The predicted molar refractivity (Wildman–Crippen MR) is 33.9 cm³/mol. The number of thiol groups is 1. The molecule has 0 saturated carbocycles. The highest BCUT2D eigenvalue weighted by Gasteiger charge is 2.00. The molecule has 0 radical (unpaired) electrons. The zero-order valence-electron chi connectivity index (χ0n) is 4.24. The molecule has 0 unspecified atom stereocenters. The number of carbonyl (C=O) groups is 1. The van der Waals surface area contributed by atoms with Crippen LogP contribution in [0, 0.1) is 0 Å². The second-order valence-corrected chi connectivity index (χ2v) is 1.64. The van der Waals surface area contributed by atoms with Gasteiger partial charge in [0, 0.05) is 0 Å². The minimum atomic E-state index is -1.06. The number of hydrogen-bond donors (Lipinski definition) is 2. The van der Waals surface area contributed by atoms with Gasteiger partial charge in [0.05, 0.1) is 6.54 Å². The van der Waals surface area contributed by atoms with Crippen molar-refractivity contribution in [2.75, 3.05) is 6.54 Å². The van der Waals surface area contributed by atoms with Crippen LogP contribution in [0.5, 0.6) is 0 Å². The highest BCUT2D eigenvalue weighted by Crippen LogP contribution is 1.91. The Bertz CT molecular complexity index is 104. The molecule has 0 aromatic heterocycles. The van der Waals surface area contributed by atoms with Gasteiger partial charge in [0.2, 0.25) is 0 Å². The van der Waals surface area contributed by atoms with Crippen LogP contribution in [0.25, 0.3) is 0 Å². The summed E-state index contributed by atoms with van der Waals surface area (Å²) in [5.41, 5.74) is 0. The van der Waals surface area contributed by atoms with E-state index in [-0.39, 0.29) is 6.54 Å². The van der Waals surface area contributed by atoms with Crippen molar-refractivity contribution in [3.8, 4) is 0 Å². The summed E-state index contributed by atoms with van der Waals surface area (Å²) in [4.78, 5) is 9.89. The Morgan fingerprint density at radius 2 is 2.50 bits per heavy atom. The van der Waals surface area contributed by atoms with E-state index in [0.29, 0.717) is 0 Å². The third-order valence-electron chi connectivity index (χ3n) is 0.523. The van der Waals surface area contributed by atoms with Gasteiger partial charge in [-0.15, -0.1) is 6.58 Å². The van der Waals surface area contributed by atoms with E-state index < -0.39 is 6.09 Å². The Balaban J connectivity index is 3.46. The normalized spacial score (nSPS) is 8.12. The summed E-state index contributed by atoms with van der Waals surface area (Å²) in [6.07, 6.45) is 0.398. The molecule has 0 fully saturated rings. The van der Waals surface area contributed by atoms with Crippen molar-refractivity contribution in [3.63, 3.8) is 0 Å². The molecule has 0 aromatic rings. The molecule has 1 N–H and O–H groups in total. The summed E-state index contributed by atoms with van der Waals surface area (Å²) >= 11 is 3.57. The van der Waals surface area contributed by atoms with Crippen LogP contribution >= 0.6 is 12.8 Å². The minimum absolute atomic E-state index is 0.248. The van der Waals surface area contributed by atoms with Crippen molar-refractivity contribution in [1.82, 2.24) is 4.31 Å². The number of hydrogen-bond acceptors (Lipinski definition) is 2. The van der Waals surface area contributed by atoms with Gasteiger partial charge in [-0.25, -0.2) is 4.79 Å². The topological polar surface area (TPSA) is 40.5 Å². The molecule has 46 valence electrons. The quantitative estimate of drug-likeness (QED) is 0.435. The van der Waals surface area contributed by atoms with Crippen LogP contribution in [0.15, 0.2) is 12.7 Å². The summed E-state index contributed by atoms with van der Waals surface area (Å²) in [5.74, 6) is 0. The summed E-state index contributed by atoms with van der Waals surface area (Å²) in [6, 6.07) is 0. The molecule has 0 spiro atoms. The van der Waals surface area contributed by atoms with E-state index in [2.05, 4.69) is 19.4 Å². The Morgan fingerprint density at radius 3 is 2.62 bits per heavy atom. The van der Waals surface area contributed by atoms with Crippen LogP contribution in [-0.4, -0.2) is 22.0 Å². The van der Waals surface area contributed by atoms with Crippen LogP contribution in [0.3, 0.4) is 0 Å². The van der Waals surface area contributed by atoms with Crippen LogP contribution in [0.2, 0.25) is 0 Å². The first kappa shape index (κ1) is 7.36. The van der Waals surface area contributed by atoms with Crippen LogP contribution < -0.4 is 0 Å². The maximum Gasteiger partial charge on any atom is 0.417 e. The first-order chi connectivity index (χ1) is 3.68. The molecular weight excluding hydrogens is 126 g/mol. The maximum atomic E-state index is 9.89. The molecule has 0 aliphatic rings. The second-order valence-electron chi connectivity index (χ2n) is 1.15. The monoisotopic (exact) mass is 133 g/mol. The minimum Gasteiger partial charge on any atom is -0.464 e. The number of carboxylic acid groups (broad SMARTS) is 1. The molecular formula is C4H7NO2S. The third kappa shape index (κ3) is 2.52. The lowest BCUT2D eigenvalue weighted by molar-refractivity contribution is 0.178. The zero-order valence-corrected chi connectivity index (χ0v) is 5.14. The van der Waals surface area contributed by atoms with Gasteiger partial charge in [-0.05, 0) is 0 Å². The molecule has 8 heavy (non-hydrogen) atoms. The standard InChI is InChI=1S/C4H7NO2S/c1-2-3-5(8)4(6)7/h2,8H,1,3H2,(H,6,7). The van der Waals surface area contributed by atoms with E-state index in [4.69, 9.17) is 5.11 Å². The molecule has 0 aromatic carbocycles. The molecule has 0 bridgehead atoms. The number of rotatable bonds is 2. The lowest BCUT2D eigenvalue weighted by Gasteiger charge is -2.05. The van der Waals surface area contributed by atoms with Crippen LogP contribution in [-0.2, 0) is 0 Å². The third-order valence-corrected chi connectivity index (χ3v) is 0.857. The summed E-state index contributed by atoms with van der Waals surface area (Å²) < 4.78 is 0.840.